The van der Waals surface area contributed by atoms with Gasteiger partial charge in [-0.2, -0.15) is 0 Å². The minimum atomic E-state index is -1.23. The minimum absolute atomic E-state index is 0. The highest BCUT2D eigenvalue weighted by Gasteiger charge is 2.24. The third-order valence-corrected chi connectivity index (χ3v) is 6.21. The van der Waals surface area contributed by atoms with Crippen molar-refractivity contribution >= 4 is 30.2 Å². The molecule has 0 spiro atoms. The molecule has 0 fully saturated rings. The molecule has 0 bridgehead atoms. The van der Waals surface area contributed by atoms with E-state index in [1.807, 2.05) is 0 Å². The van der Waals surface area contributed by atoms with Gasteiger partial charge in [0, 0.05) is 6.42 Å². The SMILES string of the molecule is CCCCCCCCCCCCCCCCCCN[C@H](CO)C(=O)N[C@@H](CCC(N)=O)C(=O)O.Cl. The predicted molar refractivity (Wildman–Crippen MR) is 144 cm³/mol. The number of carboxylic acid groups (broad SMARTS) is 1. The van der Waals surface area contributed by atoms with Gasteiger partial charge in [-0.25, -0.2) is 4.79 Å². The van der Waals surface area contributed by atoms with Crippen LogP contribution in [0, 0.1) is 0 Å². The Morgan fingerprint density at radius 3 is 1.54 bits per heavy atom. The molecule has 0 aromatic heterocycles. The highest BCUT2D eigenvalue weighted by atomic mass is 35.5. The molecule has 0 heterocycles. The number of aliphatic hydroxyl groups excluding tert-OH is 1. The molecule has 2 amide bonds. The molecule has 208 valence electrons. The molecule has 0 aliphatic rings. The van der Waals surface area contributed by atoms with E-state index in [2.05, 4.69) is 17.6 Å². The molecule has 0 radical (unpaired) electrons. The van der Waals surface area contributed by atoms with Crippen molar-refractivity contribution in [1.82, 2.24) is 10.6 Å². The first-order chi connectivity index (χ1) is 16.4. The lowest BCUT2D eigenvalue weighted by molar-refractivity contribution is -0.142. The van der Waals surface area contributed by atoms with Gasteiger partial charge in [-0.1, -0.05) is 103 Å². The first-order valence-corrected chi connectivity index (χ1v) is 13.6. The number of aliphatic carboxylic acids is 1. The number of nitrogens with two attached hydrogens (primary N) is 1. The zero-order chi connectivity index (χ0) is 25.4. The maximum Gasteiger partial charge on any atom is 0.326 e. The summed E-state index contributed by atoms with van der Waals surface area (Å²) in [4.78, 5) is 34.3. The van der Waals surface area contributed by atoms with E-state index >= 15 is 0 Å². The monoisotopic (exact) mass is 521 g/mol. The van der Waals surface area contributed by atoms with Crippen LogP contribution in [0.3, 0.4) is 0 Å². The molecule has 9 heteroatoms. The maximum atomic E-state index is 12.2. The number of nitrogens with one attached hydrogen (secondary N) is 2. The summed E-state index contributed by atoms with van der Waals surface area (Å²) < 4.78 is 0. The fraction of sp³-hybridized carbons (Fsp3) is 0.885. The molecule has 0 saturated heterocycles. The average molecular weight is 522 g/mol. The summed E-state index contributed by atoms with van der Waals surface area (Å²) in [6.07, 6.45) is 20.5. The van der Waals surface area contributed by atoms with Crippen LogP contribution in [0.2, 0.25) is 0 Å². The van der Waals surface area contributed by atoms with Gasteiger partial charge in [0.25, 0.3) is 0 Å². The summed E-state index contributed by atoms with van der Waals surface area (Å²) >= 11 is 0. The summed E-state index contributed by atoms with van der Waals surface area (Å²) in [6.45, 7) is 2.41. The van der Waals surface area contributed by atoms with Gasteiger partial charge in [0.2, 0.25) is 11.8 Å². The first-order valence-electron chi connectivity index (χ1n) is 13.6. The fourth-order valence-corrected chi connectivity index (χ4v) is 4.01. The zero-order valence-corrected chi connectivity index (χ0v) is 22.7. The molecule has 8 nitrogen and oxygen atoms in total. The number of amides is 2. The Bertz CT molecular complexity index is 537. The van der Waals surface area contributed by atoms with Gasteiger partial charge in [-0.05, 0) is 19.4 Å². The number of hydrogen-bond acceptors (Lipinski definition) is 5. The van der Waals surface area contributed by atoms with Crippen LogP contribution >= 0.6 is 12.4 Å². The fourth-order valence-electron chi connectivity index (χ4n) is 4.01. The predicted octanol–water partition coefficient (Wildman–Crippen LogP) is 4.46. The van der Waals surface area contributed by atoms with Crippen molar-refractivity contribution in [2.24, 2.45) is 5.73 Å². The lowest BCUT2D eigenvalue weighted by Crippen LogP contribution is -2.52. The third kappa shape index (κ3) is 22.8. The third-order valence-electron chi connectivity index (χ3n) is 6.21. The number of carbonyl (C=O) groups is 3. The van der Waals surface area contributed by atoms with Crippen LogP contribution in [0.5, 0.6) is 0 Å². The molecule has 6 N–H and O–H groups in total. The van der Waals surface area contributed by atoms with Gasteiger partial charge in [0.05, 0.1) is 6.61 Å². The molecule has 0 unspecified atom stereocenters. The number of hydrogen-bond donors (Lipinski definition) is 5. The zero-order valence-electron chi connectivity index (χ0n) is 21.9. The van der Waals surface area contributed by atoms with Crippen LogP contribution in [0.25, 0.3) is 0 Å². The molecular formula is C26H52ClN3O5. The van der Waals surface area contributed by atoms with Crippen molar-refractivity contribution in [3.63, 3.8) is 0 Å². The first kappa shape index (κ1) is 35.8. The Balaban J connectivity index is 0. The quantitative estimate of drug-likeness (QED) is 0.112. The Labute approximate surface area is 219 Å². The average Bonchev–Trinajstić information content (AvgIpc) is 2.80. The largest absolute Gasteiger partial charge is 0.480 e. The van der Waals surface area contributed by atoms with E-state index < -0.39 is 36.5 Å². The highest BCUT2D eigenvalue weighted by molar-refractivity contribution is 5.87. The number of carbonyl (C=O) groups excluding carboxylic acids is 2. The van der Waals surface area contributed by atoms with Gasteiger partial charge in [0.15, 0.2) is 0 Å². The molecule has 0 aromatic carbocycles. The summed E-state index contributed by atoms with van der Waals surface area (Å²) in [5, 5.41) is 24.0. The second kappa shape index (κ2) is 25.7. The molecular weight excluding hydrogens is 470 g/mol. The second-order valence-corrected chi connectivity index (χ2v) is 9.40. The van der Waals surface area contributed by atoms with Gasteiger partial charge >= 0.3 is 5.97 Å². The molecule has 0 rings (SSSR count). The lowest BCUT2D eigenvalue weighted by Gasteiger charge is -2.19. The molecule has 0 aliphatic heterocycles. The topological polar surface area (TPSA) is 142 Å². The van der Waals surface area contributed by atoms with Crippen LogP contribution in [-0.4, -0.2) is 53.2 Å². The van der Waals surface area contributed by atoms with Crippen molar-refractivity contribution in [2.75, 3.05) is 13.2 Å². The summed E-state index contributed by atoms with van der Waals surface area (Å²) in [6, 6.07) is -2.07. The van der Waals surface area contributed by atoms with E-state index in [0.29, 0.717) is 6.54 Å². The lowest BCUT2D eigenvalue weighted by atomic mass is 10.0. The normalized spacial score (nSPS) is 12.5. The van der Waals surface area contributed by atoms with Crippen molar-refractivity contribution in [3.8, 4) is 0 Å². The maximum absolute atomic E-state index is 12.2. The molecule has 0 aliphatic carbocycles. The van der Waals surface area contributed by atoms with E-state index in [4.69, 9.17) is 5.73 Å². The van der Waals surface area contributed by atoms with Gasteiger partial charge in [-0.15, -0.1) is 12.4 Å². The van der Waals surface area contributed by atoms with Crippen molar-refractivity contribution in [1.29, 1.82) is 0 Å². The minimum Gasteiger partial charge on any atom is -0.480 e. The summed E-state index contributed by atoms with van der Waals surface area (Å²) in [5.41, 5.74) is 5.04. The van der Waals surface area contributed by atoms with E-state index in [9.17, 15) is 24.6 Å². The van der Waals surface area contributed by atoms with E-state index in [1.54, 1.807) is 0 Å². The van der Waals surface area contributed by atoms with E-state index in [-0.39, 0.29) is 25.2 Å². The van der Waals surface area contributed by atoms with E-state index in [1.165, 1.54) is 83.5 Å². The number of halogens is 1. The van der Waals surface area contributed by atoms with Crippen molar-refractivity contribution in [3.05, 3.63) is 0 Å². The van der Waals surface area contributed by atoms with E-state index in [0.717, 1.165) is 19.3 Å². The van der Waals surface area contributed by atoms with Crippen molar-refractivity contribution in [2.45, 2.75) is 135 Å². The molecule has 0 aromatic rings. The molecule has 2 atom stereocenters. The number of rotatable bonds is 25. The van der Waals surface area contributed by atoms with Crippen LogP contribution in [-0.2, 0) is 14.4 Å². The highest BCUT2D eigenvalue weighted by Crippen LogP contribution is 2.13. The Kier molecular flexibility index (Phi) is 26.3. The Morgan fingerprint density at radius 1 is 0.743 bits per heavy atom. The van der Waals surface area contributed by atoms with Crippen LogP contribution < -0.4 is 16.4 Å². The van der Waals surface area contributed by atoms with Crippen LogP contribution in [0.4, 0.5) is 0 Å². The number of carboxylic acids is 1. The number of unbranched alkanes of at least 4 members (excludes halogenated alkanes) is 15. The van der Waals surface area contributed by atoms with Crippen molar-refractivity contribution < 1.29 is 24.6 Å². The van der Waals surface area contributed by atoms with Gasteiger partial charge < -0.3 is 26.6 Å². The Hall–Kier alpha value is -1.38. The van der Waals surface area contributed by atoms with Crippen LogP contribution in [0.15, 0.2) is 0 Å². The summed E-state index contributed by atoms with van der Waals surface area (Å²) in [7, 11) is 0. The molecule has 35 heavy (non-hydrogen) atoms. The van der Waals surface area contributed by atoms with Crippen LogP contribution in [0.1, 0.15) is 122 Å². The Morgan fingerprint density at radius 2 is 1.17 bits per heavy atom. The van der Waals surface area contributed by atoms with Gasteiger partial charge in [-0.3, -0.25) is 9.59 Å². The smallest absolute Gasteiger partial charge is 0.326 e. The van der Waals surface area contributed by atoms with Gasteiger partial charge in [0.1, 0.15) is 12.1 Å². The number of aliphatic hydroxyl groups is 1. The second-order valence-electron chi connectivity index (χ2n) is 9.40. The standard InChI is InChI=1S/C26H51N3O5.ClH/c1-2-3-4-5-6-7-8-9-10-11-12-13-14-15-16-17-20-28-23(21-30)25(32)29-22(26(33)34)18-19-24(27)31;/h22-23,28,30H,2-21H2,1H3,(H2,27,31)(H,29,32)(H,33,34);1H/t22-,23+;/m0./s1. The molecule has 0 saturated carbocycles. The summed E-state index contributed by atoms with van der Waals surface area (Å²) in [5.74, 6) is -2.44. The number of primary amides is 1.